The maximum absolute atomic E-state index is 11.9. The van der Waals surface area contributed by atoms with Gasteiger partial charge >= 0.3 is 5.97 Å². The van der Waals surface area contributed by atoms with Crippen molar-refractivity contribution >= 4 is 33.1 Å². The van der Waals surface area contributed by atoms with Gasteiger partial charge in [0.05, 0.1) is 30.7 Å². The molecule has 1 N–H and O–H groups in total. The smallest absolute Gasteiger partial charge is 0.312 e. The van der Waals surface area contributed by atoms with Crippen LogP contribution in [0.15, 0.2) is 29.6 Å². The van der Waals surface area contributed by atoms with Gasteiger partial charge in [0.2, 0.25) is 0 Å². The van der Waals surface area contributed by atoms with Gasteiger partial charge in [-0.2, -0.15) is 0 Å². The van der Waals surface area contributed by atoms with E-state index in [0.717, 1.165) is 16.3 Å². The van der Waals surface area contributed by atoms with E-state index in [1.54, 1.807) is 12.5 Å². The average molecular weight is 425 g/mol. The molecule has 0 saturated carbocycles. The summed E-state index contributed by atoms with van der Waals surface area (Å²) in [6.45, 7) is -0.442. The second-order valence-electron chi connectivity index (χ2n) is 6.38. The number of methoxy groups -OCH3 is 1. The molecule has 2 aromatic rings. The molecular formula is C18H20N2O6S2. The van der Waals surface area contributed by atoms with E-state index in [0.29, 0.717) is 12.1 Å². The number of aromatic nitrogens is 1. The Morgan fingerprint density at radius 3 is 2.89 bits per heavy atom. The maximum atomic E-state index is 11.9. The van der Waals surface area contributed by atoms with Crippen molar-refractivity contribution in [3.8, 4) is 16.3 Å². The first-order valence-corrected chi connectivity index (χ1v) is 11.3. The van der Waals surface area contributed by atoms with Gasteiger partial charge in [-0.25, -0.2) is 13.4 Å². The van der Waals surface area contributed by atoms with Crippen molar-refractivity contribution in [1.29, 1.82) is 0 Å². The summed E-state index contributed by atoms with van der Waals surface area (Å²) in [6, 6.07) is 7.03. The highest BCUT2D eigenvalue weighted by molar-refractivity contribution is 7.91. The number of hydrogen-bond donors (Lipinski definition) is 1. The van der Waals surface area contributed by atoms with Crippen molar-refractivity contribution in [1.82, 2.24) is 10.3 Å². The molecule has 0 spiro atoms. The SMILES string of the molecule is COc1cccc(-c2nc(CC(=O)OCC(=O)N[C@H]3CCS(=O)(=O)C3)cs2)c1. The van der Waals surface area contributed by atoms with Gasteiger partial charge in [0.25, 0.3) is 5.91 Å². The number of sulfone groups is 1. The van der Waals surface area contributed by atoms with E-state index in [1.807, 2.05) is 24.3 Å². The fourth-order valence-corrected chi connectivity index (χ4v) is 5.29. The van der Waals surface area contributed by atoms with Gasteiger partial charge < -0.3 is 14.8 Å². The van der Waals surface area contributed by atoms with Gasteiger partial charge in [0.15, 0.2) is 16.4 Å². The molecule has 2 heterocycles. The molecule has 1 amide bonds. The lowest BCUT2D eigenvalue weighted by atomic mass is 10.2. The first-order valence-electron chi connectivity index (χ1n) is 8.59. The number of benzene rings is 1. The number of ether oxygens (including phenoxy) is 2. The quantitative estimate of drug-likeness (QED) is 0.665. The molecule has 28 heavy (non-hydrogen) atoms. The van der Waals surface area contributed by atoms with Gasteiger partial charge in [-0.1, -0.05) is 12.1 Å². The number of thiazole rings is 1. The van der Waals surface area contributed by atoms with Gasteiger partial charge in [-0.3, -0.25) is 9.59 Å². The molecule has 1 aliphatic heterocycles. The molecule has 1 fully saturated rings. The first kappa shape index (κ1) is 20.3. The van der Waals surface area contributed by atoms with Crippen LogP contribution in [0.5, 0.6) is 5.75 Å². The normalized spacial score (nSPS) is 17.8. The van der Waals surface area contributed by atoms with E-state index >= 15 is 0 Å². The summed E-state index contributed by atoms with van der Waals surface area (Å²) in [5, 5.41) is 5.08. The van der Waals surface area contributed by atoms with E-state index in [2.05, 4.69) is 10.3 Å². The molecule has 3 rings (SSSR count). The Hall–Kier alpha value is -2.46. The van der Waals surface area contributed by atoms with Crippen molar-refractivity contribution in [2.75, 3.05) is 25.2 Å². The Balaban J connectivity index is 1.47. The van der Waals surface area contributed by atoms with Crippen LogP contribution in [0.2, 0.25) is 0 Å². The largest absolute Gasteiger partial charge is 0.497 e. The first-order chi connectivity index (χ1) is 13.3. The molecule has 0 bridgehead atoms. The molecule has 1 aromatic heterocycles. The van der Waals surface area contributed by atoms with Crippen molar-refractivity contribution in [3.05, 3.63) is 35.3 Å². The third-order valence-electron chi connectivity index (χ3n) is 4.16. The Bertz CT molecular complexity index is 970. The van der Waals surface area contributed by atoms with Crippen LogP contribution < -0.4 is 10.1 Å². The van der Waals surface area contributed by atoms with E-state index in [1.165, 1.54) is 11.3 Å². The monoisotopic (exact) mass is 424 g/mol. The molecule has 1 aromatic carbocycles. The van der Waals surface area contributed by atoms with Crippen LogP contribution in [0.3, 0.4) is 0 Å². The lowest BCUT2D eigenvalue weighted by Crippen LogP contribution is -2.38. The number of rotatable bonds is 7. The van der Waals surface area contributed by atoms with Crippen molar-refractivity contribution in [3.63, 3.8) is 0 Å². The zero-order chi connectivity index (χ0) is 20.1. The summed E-state index contributed by atoms with van der Waals surface area (Å²) >= 11 is 1.40. The lowest BCUT2D eigenvalue weighted by Gasteiger charge is -2.10. The fourth-order valence-electron chi connectivity index (χ4n) is 2.80. The van der Waals surface area contributed by atoms with Crippen LogP contribution in [0.4, 0.5) is 0 Å². The molecule has 0 aliphatic carbocycles. The van der Waals surface area contributed by atoms with Crippen LogP contribution in [0.1, 0.15) is 12.1 Å². The Labute approximate surface area is 166 Å². The number of amides is 1. The maximum Gasteiger partial charge on any atom is 0.312 e. The Morgan fingerprint density at radius 1 is 1.36 bits per heavy atom. The highest BCUT2D eigenvalue weighted by atomic mass is 32.2. The average Bonchev–Trinajstić information content (AvgIpc) is 3.26. The Kier molecular flexibility index (Phi) is 6.30. The van der Waals surface area contributed by atoms with Gasteiger partial charge in [0, 0.05) is 17.0 Å². The van der Waals surface area contributed by atoms with E-state index < -0.39 is 34.4 Å². The summed E-state index contributed by atoms with van der Waals surface area (Å²) < 4.78 is 32.9. The highest BCUT2D eigenvalue weighted by Crippen LogP contribution is 2.27. The summed E-state index contributed by atoms with van der Waals surface area (Å²) in [4.78, 5) is 28.2. The minimum Gasteiger partial charge on any atom is -0.497 e. The minimum absolute atomic E-state index is 0.0500. The van der Waals surface area contributed by atoms with Crippen LogP contribution in [0, 0.1) is 0 Å². The molecule has 0 radical (unpaired) electrons. The van der Waals surface area contributed by atoms with E-state index in [-0.39, 0.29) is 17.9 Å². The van der Waals surface area contributed by atoms with Crippen LogP contribution in [0.25, 0.3) is 10.6 Å². The van der Waals surface area contributed by atoms with Crippen molar-refractivity contribution < 1.29 is 27.5 Å². The minimum atomic E-state index is -3.08. The highest BCUT2D eigenvalue weighted by Gasteiger charge is 2.29. The summed E-state index contributed by atoms with van der Waals surface area (Å²) in [6.07, 6.45) is 0.333. The fraction of sp³-hybridized carbons (Fsp3) is 0.389. The summed E-state index contributed by atoms with van der Waals surface area (Å²) in [5.74, 6) is -0.368. The summed E-state index contributed by atoms with van der Waals surface area (Å²) in [7, 11) is -1.49. The van der Waals surface area contributed by atoms with Gasteiger partial charge in [0.1, 0.15) is 10.8 Å². The topological polar surface area (TPSA) is 112 Å². The predicted octanol–water partition coefficient (Wildman–Crippen LogP) is 1.21. The van der Waals surface area contributed by atoms with Crippen molar-refractivity contribution in [2.45, 2.75) is 18.9 Å². The predicted molar refractivity (Wildman–Crippen MR) is 104 cm³/mol. The second kappa shape index (κ2) is 8.70. The third-order valence-corrected chi connectivity index (χ3v) is 6.86. The number of carbonyl (C=O) groups is 2. The number of carbonyl (C=O) groups excluding carboxylic acids is 2. The zero-order valence-corrected chi connectivity index (χ0v) is 16.8. The van der Waals surface area contributed by atoms with Gasteiger partial charge in [-0.05, 0) is 18.6 Å². The Morgan fingerprint density at radius 2 is 2.18 bits per heavy atom. The second-order valence-corrected chi connectivity index (χ2v) is 9.47. The third kappa shape index (κ3) is 5.52. The number of hydrogen-bond acceptors (Lipinski definition) is 8. The van der Waals surface area contributed by atoms with Gasteiger partial charge in [-0.15, -0.1) is 11.3 Å². The van der Waals surface area contributed by atoms with Crippen LogP contribution in [-0.4, -0.2) is 56.5 Å². The number of nitrogens with zero attached hydrogens (tertiary/aromatic N) is 1. The van der Waals surface area contributed by atoms with Crippen LogP contribution in [-0.2, 0) is 30.6 Å². The zero-order valence-electron chi connectivity index (χ0n) is 15.2. The van der Waals surface area contributed by atoms with E-state index in [4.69, 9.17) is 9.47 Å². The van der Waals surface area contributed by atoms with Crippen LogP contribution >= 0.6 is 11.3 Å². The molecular weight excluding hydrogens is 404 g/mol. The molecule has 1 aliphatic rings. The molecule has 1 atom stereocenters. The number of nitrogens with one attached hydrogen (secondary N) is 1. The molecule has 10 heteroatoms. The summed E-state index contributed by atoms with van der Waals surface area (Å²) in [5.41, 5.74) is 1.44. The molecule has 8 nitrogen and oxygen atoms in total. The van der Waals surface area contributed by atoms with E-state index in [9.17, 15) is 18.0 Å². The van der Waals surface area contributed by atoms with Crippen molar-refractivity contribution in [2.24, 2.45) is 0 Å². The standard InChI is InChI=1S/C18H20N2O6S2/c1-25-15-4-2-3-12(7-15)18-20-14(10-27-18)8-17(22)26-9-16(21)19-13-5-6-28(23,24)11-13/h2-4,7,10,13H,5-6,8-9,11H2,1H3,(H,19,21)/t13-/m0/s1. The number of esters is 1. The molecule has 1 saturated heterocycles. The molecule has 150 valence electrons. The lowest BCUT2D eigenvalue weighted by molar-refractivity contribution is -0.148. The molecule has 0 unspecified atom stereocenters.